The molecule has 2 aromatic heterocycles. The van der Waals surface area contributed by atoms with E-state index in [9.17, 15) is 9.90 Å². The molecule has 2 aliphatic rings. The second-order valence-corrected chi connectivity index (χ2v) is 7.05. The number of aliphatic hydroxyl groups is 1. The van der Waals surface area contributed by atoms with Crippen LogP contribution in [0.15, 0.2) is 12.3 Å². The smallest absolute Gasteiger partial charge is 0.272 e. The molecule has 1 saturated heterocycles. The van der Waals surface area contributed by atoms with E-state index in [0.29, 0.717) is 51.3 Å². The number of likely N-dealkylation sites (N-methyl/N-ethyl adjacent to an activating group) is 1. The van der Waals surface area contributed by atoms with Crippen molar-refractivity contribution in [2.24, 2.45) is 0 Å². The van der Waals surface area contributed by atoms with Crippen LogP contribution in [0.25, 0.3) is 0 Å². The molecule has 0 bridgehead atoms. The molecule has 4 heterocycles. The Hall–Kier alpha value is -2.26. The van der Waals surface area contributed by atoms with Gasteiger partial charge in [-0.1, -0.05) is 0 Å². The Kier molecular flexibility index (Phi) is 4.49. The number of carbonyl (C=O) groups is 1. The van der Waals surface area contributed by atoms with Gasteiger partial charge in [-0.25, -0.2) is 0 Å². The Morgan fingerprint density at radius 3 is 2.88 bits per heavy atom. The summed E-state index contributed by atoms with van der Waals surface area (Å²) in [6.07, 6.45) is 2.70. The van der Waals surface area contributed by atoms with Crippen LogP contribution in [0.4, 0.5) is 0 Å². The number of rotatable bonds is 3. The number of hydrogen-bond donors (Lipinski definition) is 1. The van der Waals surface area contributed by atoms with E-state index in [4.69, 9.17) is 0 Å². The Morgan fingerprint density at radius 2 is 2.15 bits per heavy atom. The van der Waals surface area contributed by atoms with Gasteiger partial charge in [0.1, 0.15) is 11.5 Å². The lowest BCUT2D eigenvalue weighted by Crippen LogP contribution is -2.35. The summed E-state index contributed by atoms with van der Waals surface area (Å²) < 4.78 is 3.86. The quantitative estimate of drug-likeness (QED) is 0.825. The number of aliphatic hydroxyl groups excluding tert-OH is 1. The van der Waals surface area contributed by atoms with E-state index >= 15 is 0 Å². The number of nitrogens with zero attached hydrogens (tertiary/aromatic N) is 7. The molecule has 1 amide bonds. The van der Waals surface area contributed by atoms with Gasteiger partial charge in [0.05, 0.1) is 12.1 Å². The van der Waals surface area contributed by atoms with E-state index in [0.717, 1.165) is 11.6 Å². The van der Waals surface area contributed by atoms with Gasteiger partial charge < -0.3 is 14.6 Å². The highest BCUT2D eigenvalue weighted by Gasteiger charge is 2.34. The van der Waals surface area contributed by atoms with E-state index in [1.165, 1.54) is 0 Å². The molecule has 140 valence electrons. The molecule has 9 nitrogen and oxygen atoms in total. The van der Waals surface area contributed by atoms with Gasteiger partial charge in [0.15, 0.2) is 5.82 Å². The standard InChI is InChI=1S/C17H25N7O2/c1-3-24-13(4-6-18-24)17(26)22-7-5-15-19-20-16(23(15)9-8-22)14-10-12(25)11-21(14)2/h4,6,12,14,25H,3,5,7-11H2,1-2H3/t12-,14+/m1/s1. The van der Waals surface area contributed by atoms with E-state index in [1.54, 1.807) is 16.9 Å². The monoisotopic (exact) mass is 359 g/mol. The van der Waals surface area contributed by atoms with Crippen LogP contribution >= 0.6 is 0 Å². The highest BCUT2D eigenvalue weighted by molar-refractivity contribution is 5.92. The third kappa shape index (κ3) is 2.90. The Bertz CT molecular complexity index is 799. The zero-order valence-electron chi connectivity index (χ0n) is 15.2. The number of amides is 1. The molecule has 2 aliphatic heterocycles. The predicted octanol–water partition coefficient (Wildman–Crippen LogP) is -0.0695. The SMILES string of the molecule is CCn1nccc1C(=O)N1CCc2nnc([C@@H]3C[C@@H](O)CN3C)n2CC1. The van der Waals surface area contributed by atoms with Crippen LogP contribution in [0, 0.1) is 0 Å². The molecule has 0 saturated carbocycles. The Balaban J connectivity index is 1.52. The fraction of sp³-hybridized carbons (Fsp3) is 0.647. The van der Waals surface area contributed by atoms with Crippen molar-refractivity contribution in [2.75, 3.05) is 26.7 Å². The lowest BCUT2D eigenvalue weighted by atomic mass is 10.2. The number of carbonyl (C=O) groups excluding carboxylic acids is 1. The number of β-amino-alcohol motifs (C(OH)–C–C–N with tert-alkyl or cyclic N) is 1. The van der Waals surface area contributed by atoms with Crippen LogP contribution in [0.1, 0.15) is 41.5 Å². The topological polar surface area (TPSA) is 92.3 Å². The second-order valence-electron chi connectivity index (χ2n) is 7.05. The van der Waals surface area contributed by atoms with Crippen LogP contribution in [-0.2, 0) is 19.5 Å². The zero-order valence-corrected chi connectivity index (χ0v) is 15.2. The second kappa shape index (κ2) is 6.81. The van der Waals surface area contributed by atoms with Crippen molar-refractivity contribution >= 4 is 5.91 Å². The van der Waals surface area contributed by atoms with Crippen molar-refractivity contribution in [1.29, 1.82) is 0 Å². The molecule has 2 atom stereocenters. The van der Waals surface area contributed by atoms with Gasteiger partial charge in [0.25, 0.3) is 5.91 Å². The van der Waals surface area contributed by atoms with Gasteiger partial charge in [0, 0.05) is 45.3 Å². The van der Waals surface area contributed by atoms with E-state index < -0.39 is 0 Å². The summed E-state index contributed by atoms with van der Waals surface area (Å²) in [7, 11) is 2.00. The van der Waals surface area contributed by atoms with Crippen molar-refractivity contribution in [1.82, 2.24) is 34.3 Å². The highest BCUT2D eigenvalue weighted by Crippen LogP contribution is 2.30. The average molecular weight is 359 g/mol. The van der Waals surface area contributed by atoms with Gasteiger partial charge in [-0.15, -0.1) is 10.2 Å². The van der Waals surface area contributed by atoms with E-state index in [1.807, 2.05) is 18.9 Å². The number of aryl methyl sites for hydroxylation is 1. The molecular formula is C17H25N7O2. The van der Waals surface area contributed by atoms with Gasteiger partial charge >= 0.3 is 0 Å². The van der Waals surface area contributed by atoms with Gasteiger partial charge in [-0.05, 0) is 26.5 Å². The molecule has 0 radical (unpaired) electrons. The zero-order chi connectivity index (χ0) is 18.3. The van der Waals surface area contributed by atoms with Crippen LogP contribution in [-0.4, -0.2) is 78.1 Å². The van der Waals surface area contributed by atoms with Crippen molar-refractivity contribution in [3.8, 4) is 0 Å². The molecule has 1 fully saturated rings. The van der Waals surface area contributed by atoms with E-state index in [2.05, 4.69) is 24.8 Å². The van der Waals surface area contributed by atoms with Crippen LogP contribution in [0.3, 0.4) is 0 Å². The number of likely N-dealkylation sites (tertiary alicyclic amines) is 1. The first-order valence-electron chi connectivity index (χ1n) is 9.19. The molecule has 4 rings (SSSR count). The minimum absolute atomic E-state index is 0.0121. The highest BCUT2D eigenvalue weighted by atomic mass is 16.3. The first kappa shape index (κ1) is 17.2. The van der Waals surface area contributed by atoms with Crippen molar-refractivity contribution < 1.29 is 9.90 Å². The summed E-state index contributed by atoms with van der Waals surface area (Å²) in [5, 5.41) is 22.9. The van der Waals surface area contributed by atoms with Gasteiger partial charge in [-0.2, -0.15) is 5.10 Å². The summed E-state index contributed by atoms with van der Waals surface area (Å²) >= 11 is 0. The minimum Gasteiger partial charge on any atom is -0.392 e. The summed E-state index contributed by atoms with van der Waals surface area (Å²) in [5.41, 5.74) is 0.629. The first-order chi connectivity index (χ1) is 12.6. The van der Waals surface area contributed by atoms with Gasteiger partial charge in [0.2, 0.25) is 0 Å². The van der Waals surface area contributed by atoms with Crippen LogP contribution in [0.2, 0.25) is 0 Å². The lowest BCUT2D eigenvalue weighted by molar-refractivity contribution is 0.0746. The molecule has 0 aliphatic carbocycles. The maximum atomic E-state index is 12.9. The molecule has 2 aromatic rings. The van der Waals surface area contributed by atoms with Crippen molar-refractivity contribution in [3.05, 3.63) is 29.6 Å². The summed E-state index contributed by atoms with van der Waals surface area (Å²) in [4.78, 5) is 16.9. The van der Waals surface area contributed by atoms with E-state index in [-0.39, 0.29) is 18.1 Å². The average Bonchev–Trinajstić information content (AvgIpc) is 3.29. The Labute approximate surface area is 152 Å². The Morgan fingerprint density at radius 1 is 1.31 bits per heavy atom. The number of fused-ring (bicyclic) bond motifs is 1. The maximum Gasteiger partial charge on any atom is 0.272 e. The fourth-order valence-electron chi connectivity index (χ4n) is 4.00. The lowest BCUT2D eigenvalue weighted by Gasteiger charge is -2.21. The fourth-order valence-corrected chi connectivity index (χ4v) is 4.00. The number of aromatic nitrogens is 5. The minimum atomic E-state index is -0.323. The molecule has 9 heteroatoms. The summed E-state index contributed by atoms with van der Waals surface area (Å²) in [6.45, 7) is 5.21. The van der Waals surface area contributed by atoms with Crippen molar-refractivity contribution in [2.45, 2.75) is 45.0 Å². The first-order valence-corrected chi connectivity index (χ1v) is 9.19. The molecule has 0 unspecified atom stereocenters. The maximum absolute atomic E-state index is 12.9. The number of hydrogen-bond acceptors (Lipinski definition) is 6. The van der Waals surface area contributed by atoms with Crippen LogP contribution < -0.4 is 0 Å². The molecule has 1 N–H and O–H groups in total. The molecule has 26 heavy (non-hydrogen) atoms. The normalized spacial score (nSPS) is 23.9. The van der Waals surface area contributed by atoms with Crippen LogP contribution in [0.5, 0.6) is 0 Å². The molecule has 0 aromatic carbocycles. The predicted molar refractivity (Wildman–Crippen MR) is 93.5 cm³/mol. The summed E-state index contributed by atoms with van der Waals surface area (Å²) in [5.74, 6) is 1.82. The molecular weight excluding hydrogens is 334 g/mol. The summed E-state index contributed by atoms with van der Waals surface area (Å²) in [6, 6.07) is 1.85. The third-order valence-electron chi connectivity index (χ3n) is 5.40. The largest absolute Gasteiger partial charge is 0.392 e. The van der Waals surface area contributed by atoms with Gasteiger partial charge in [-0.3, -0.25) is 14.4 Å². The van der Waals surface area contributed by atoms with Crippen molar-refractivity contribution in [3.63, 3.8) is 0 Å². The third-order valence-corrected chi connectivity index (χ3v) is 5.40. The molecule has 0 spiro atoms.